The second kappa shape index (κ2) is 4.37. The minimum absolute atomic E-state index is 0.249. The van der Waals surface area contributed by atoms with Crippen LogP contribution in [-0.2, 0) is 10.2 Å². The van der Waals surface area contributed by atoms with Crippen LogP contribution >= 0.6 is 0 Å². The van der Waals surface area contributed by atoms with Gasteiger partial charge in [0.15, 0.2) is 0 Å². The van der Waals surface area contributed by atoms with Gasteiger partial charge in [-0.2, -0.15) is 8.42 Å². The van der Waals surface area contributed by atoms with Crippen molar-refractivity contribution in [1.29, 1.82) is 0 Å². The van der Waals surface area contributed by atoms with E-state index in [0.717, 1.165) is 25.8 Å². The van der Waals surface area contributed by atoms with Crippen LogP contribution in [0.3, 0.4) is 0 Å². The third-order valence-corrected chi connectivity index (χ3v) is 3.34. The molecule has 0 saturated carbocycles. The van der Waals surface area contributed by atoms with Crippen molar-refractivity contribution in [3.05, 3.63) is 0 Å². The summed E-state index contributed by atoms with van der Waals surface area (Å²) >= 11 is 0. The second-order valence-electron chi connectivity index (χ2n) is 3.66. The summed E-state index contributed by atoms with van der Waals surface area (Å²) in [6.45, 7) is 0.997. The fraction of sp³-hybridized carbons (Fsp3) is 1.00. The molecule has 1 aliphatic heterocycles. The highest BCUT2D eigenvalue weighted by atomic mass is 32.3. The standard InChI is InChI=1S/C8H16FNO2S/c1-10-6-3-2-4-8(10)5-7-13(9,11)12/h8H,2-7H2,1H3. The van der Waals surface area contributed by atoms with E-state index in [1.165, 1.54) is 0 Å². The average molecular weight is 209 g/mol. The van der Waals surface area contributed by atoms with Crippen LogP contribution in [0.2, 0.25) is 0 Å². The van der Waals surface area contributed by atoms with Gasteiger partial charge < -0.3 is 4.90 Å². The molecule has 1 unspecified atom stereocenters. The first kappa shape index (κ1) is 10.9. The maximum Gasteiger partial charge on any atom is 0.302 e. The van der Waals surface area contributed by atoms with Crippen LogP contribution in [0.25, 0.3) is 0 Å². The van der Waals surface area contributed by atoms with E-state index in [0.29, 0.717) is 6.42 Å². The molecule has 0 radical (unpaired) electrons. The van der Waals surface area contributed by atoms with Gasteiger partial charge in [0, 0.05) is 6.04 Å². The number of piperidine rings is 1. The quantitative estimate of drug-likeness (QED) is 0.655. The molecule has 5 heteroatoms. The molecule has 0 aromatic rings. The molecule has 0 spiro atoms. The highest BCUT2D eigenvalue weighted by Crippen LogP contribution is 2.18. The molecule has 1 heterocycles. The van der Waals surface area contributed by atoms with Gasteiger partial charge in [-0.1, -0.05) is 6.42 Å². The van der Waals surface area contributed by atoms with Crippen molar-refractivity contribution >= 4 is 10.2 Å². The van der Waals surface area contributed by atoms with Crippen molar-refractivity contribution in [2.24, 2.45) is 0 Å². The number of nitrogens with zero attached hydrogens (tertiary/aromatic N) is 1. The number of hydrogen-bond donors (Lipinski definition) is 0. The number of likely N-dealkylation sites (tertiary alicyclic amines) is 1. The molecule has 0 aliphatic carbocycles. The predicted molar refractivity (Wildman–Crippen MR) is 49.8 cm³/mol. The molecular formula is C8H16FNO2S. The Labute approximate surface area is 79.1 Å². The molecule has 3 nitrogen and oxygen atoms in total. The Morgan fingerprint density at radius 2 is 2.15 bits per heavy atom. The van der Waals surface area contributed by atoms with Crippen molar-refractivity contribution in [1.82, 2.24) is 4.90 Å². The SMILES string of the molecule is CN1CCCCC1CCS(=O)(=O)F. The summed E-state index contributed by atoms with van der Waals surface area (Å²) in [5, 5.41) is 0. The third-order valence-electron chi connectivity index (χ3n) is 2.62. The van der Waals surface area contributed by atoms with Gasteiger partial charge in [0.2, 0.25) is 0 Å². The Kier molecular flexibility index (Phi) is 3.67. The van der Waals surface area contributed by atoms with Gasteiger partial charge in [-0.25, -0.2) is 0 Å². The molecule has 1 rings (SSSR count). The van der Waals surface area contributed by atoms with E-state index >= 15 is 0 Å². The first-order valence-corrected chi connectivity index (χ1v) is 6.17. The Balaban J connectivity index is 2.35. The molecule has 0 aromatic carbocycles. The van der Waals surface area contributed by atoms with Gasteiger partial charge in [0.05, 0.1) is 5.75 Å². The van der Waals surface area contributed by atoms with Crippen LogP contribution in [0.5, 0.6) is 0 Å². The number of halogens is 1. The fourth-order valence-corrected chi connectivity index (χ4v) is 2.34. The zero-order chi connectivity index (χ0) is 9.90. The molecule has 1 fully saturated rings. The smallest absolute Gasteiger partial charge is 0.302 e. The van der Waals surface area contributed by atoms with E-state index in [1.807, 2.05) is 7.05 Å². The monoisotopic (exact) mass is 209 g/mol. The lowest BCUT2D eigenvalue weighted by Crippen LogP contribution is -2.37. The van der Waals surface area contributed by atoms with Crippen LogP contribution in [0.4, 0.5) is 3.89 Å². The lowest BCUT2D eigenvalue weighted by molar-refractivity contribution is 0.181. The van der Waals surface area contributed by atoms with Crippen molar-refractivity contribution in [3.63, 3.8) is 0 Å². The van der Waals surface area contributed by atoms with E-state index in [4.69, 9.17) is 0 Å². The molecule has 1 saturated heterocycles. The summed E-state index contributed by atoms with van der Waals surface area (Å²) in [6.07, 6.45) is 3.71. The number of hydrogen-bond acceptors (Lipinski definition) is 3. The summed E-state index contributed by atoms with van der Waals surface area (Å²) in [5.74, 6) is -0.331. The van der Waals surface area contributed by atoms with Crippen LogP contribution in [0, 0.1) is 0 Å². The molecule has 1 atom stereocenters. The van der Waals surface area contributed by atoms with Gasteiger partial charge in [-0.15, -0.1) is 3.89 Å². The first-order valence-electron chi connectivity index (χ1n) is 4.61. The highest BCUT2D eigenvalue weighted by Gasteiger charge is 2.20. The Hall–Kier alpha value is -0.160. The molecular weight excluding hydrogens is 193 g/mol. The molecule has 13 heavy (non-hydrogen) atoms. The summed E-state index contributed by atoms with van der Waals surface area (Å²) < 4.78 is 32.8. The van der Waals surface area contributed by atoms with Gasteiger partial charge in [-0.05, 0) is 32.9 Å². The zero-order valence-electron chi connectivity index (χ0n) is 7.87. The highest BCUT2D eigenvalue weighted by molar-refractivity contribution is 7.86. The van der Waals surface area contributed by atoms with Crippen LogP contribution in [0.1, 0.15) is 25.7 Å². The Morgan fingerprint density at radius 3 is 2.69 bits per heavy atom. The largest absolute Gasteiger partial charge is 0.303 e. The van der Waals surface area contributed by atoms with Crippen molar-refractivity contribution in [2.45, 2.75) is 31.7 Å². The van der Waals surface area contributed by atoms with Gasteiger partial charge in [0.1, 0.15) is 0 Å². The van der Waals surface area contributed by atoms with Crippen LogP contribution in [0.15, 0.2) is 0 Å². The van der Waals surface area contributed by atoms with Crippen LogP contribution in [-0.4, -0.2) is 38.7 Å². The van der Waals surface area contributed by atoms with Crippen molar-refractivity contribution in [2.75, 3.05) is 19.3 Å². The molecule has 1 aliphatic rings. The minimum Gasteiger partial charge on any atom is -0.303 e. The second-order valence-corrected chi connectivity index (χ2v) is 5.15. The average Bonchev–Trinajstić information content (AvgIpc) is 2.01. The van der Waals surface area contributed by atoms with E-state index in [9.17, 15) is 12.3 Å². The third kappa shape index (κ3) is 4.04. The van der Waals surface area contributed by atoms with E-state index in [2.05, 4.69) is 4.90 Å². The van der Waals surface area contributed by atoms with Gasteiger partial charge in [0.25, 0.3) is 0 Å². The van der Waals surface area contributed by atoms with E-state index < -0.39 is 10.2 Å². The van der Waals surface area contributed by atoms with Crippen molar-refractivity contribution < 1.29 is 12.3 Å². The zero-order valence-corrected chi connectivity index (χ0v) is 8.69. The molecule has 0 aromatic heterocycles. The fourth-order valence-electron chi connectivity index (χ4n) is 1.79. The Morgan fingerprint density at radius 1 is 1.46 bits per heavy atom. The lowest BCUT2D eigenvalue weighted by atomic mass is 10.0. The maximum atomic E-state index is 12.2. The van der Waals surface area contributed by atoms with Gasteiger partial charge in [-0.3, -0.25) is 0 Å². The molecule has 0 amide bonds. The maximum absolute atomic E-state index is 12.2. The van der Waals surface area contributed by atoms with Gasteiger partial charge >= 0.3 is 10.2 Å². The topological polar surface area (TPSA) is 37.4 Å². The summed E-state index contributed by atoms with van der Waals surface area (Å²) in [6, 6.07) is 0.249. The molecule has 0 N–H and O–H groups in total. The number of rotatable bonds is 3. The summed E-state index contributed by atoms with van der Waals surface area (Å²) in [7, 11) is -2.31. The van der Waals surface area contributed by atoms with E-state index in [1.54, 1.807) is 0 Å². The van der Waals surface area contributed by atoms with Crippen LogP contribution < -0.4 is 0 Å². The Bertz CT molecular complexity index is 253. The summed E-state index contributed by atoms with van der Waals surface area (Å²) in [5.41, 5.74) is 0. The van der Waals surface area contributed by atoms with Crippen molar-refractivity contribution in [3.8, 4) is 0 Å². The first-order chi connectivity index (χ1) is 5.99. The molecule has 78 valence electrons. The molecule has 0 bridgehead atoms. The normalized spacial score (nSPS) is 26.2. The predicted octanol–water partition coefficient (Wildman–Crippen LogP) is 1.16. The van der Waals surface area contributed by atoms with E-state index in [-0.39, 0.29) is 11.8 Å². The minimum atomic E-state index is -4.27. The lowest BCUT2D eigenvalue weighted by Gasteiger charge is -2.31. The summed E-state index contributed by atoms with van der Waals surface area (Å²) in [4.78, 5) is 2.12.